The Morgan fingerprint density at radius 2 is 1.86 bits per heavy atom. The molecule has 1 saturated heterocycles. The van der Waals surface area contributed by atoms with Gasteiger partial charge in [0.15, 0.2) is 0 Å². The van der Waals surface area contributed by atoms with E-state index in [9.17, 15) is 0 Å². The first-order chi connectivity index (χ1) is 13.5. The number of aromatic nitrogens is 2. The smallest absolute Gasteiger partial charge is 0.138 e. The first-order valence-electron chi connectivity index (χ1n) is 10.5. The van der Waals surface area contributed by atoms with E-state index in [1.54, 1.807) is 0 Å². The summed E-state index contributed by atoms with van der Waals surface area (Å²) in [5.74, 6) is 1.52. The summed E-state index contributed by atoms with van der Waals surface area (Å²) in [5, 5.41) is 0. The summed E-state index contributed by atoms with van der Waals surface area (Å²) in [7, 11) is 0. The lowest BCUT2D eigenvalue weighted by Crippen LogP contribution is -2.31. The summed E-state index contributed by atoms with van der Waals surface area (Å²) in [6.45, 7) is 14.7. The van der Waals surface area contributed by atoms with E-state index < -0.39 is 0 Å². The van der Waals surface area contributed by atoms with Crippen molar-refractivity contribution in [1.29, 1.82) is 0 Å². The maximum Gasteiger partial charge on any atom is 0.138 e. The van der Waals surface area contributed by atoms with Crippen LogP contribution in [0.2, 0.25) is 0 Å². The van der Waals surface area contributed by atoms with E-state index in [2.05, 4.69) is 69.5 Å². The first kappa shape index (κ1) is 20.3. The second-order valence-corrected chi connectivity index (χ2v) is 8.08. The van der Waals surface area contributed by atoms with Crippen LogP contribution >= 0.6 is 0 Å². The Balaban J connectivity index is 2.08. The molecule has 3 heteroatoms. The summed E-state index contributed by atoms with van der Waals surface area (Å²) < 4.78 is 0. The molecule has 0 N–H and O–H groups in total. The number of allylic oxidation sites excluding steroid dienone is 3. The molecule has 3 rings (SSSR count). The van der Waals surface area contributed by atoms with Gasteiger partial charge in [-0.1, -0.05) is 32.1 Å². The van der Waals surface area contributed by atoms with Gasteiger partial charge in [0.1, 0.15) is 5.82 Å². The number of piperidine rings is 1. The van der Waals surface area contributed by atoms with Crippen LogP contribution in [0.1, 0.15) is 69.3 Å². The van der Waals surface area contributed by atoms with Gasteiger partial charge in [-0.3, -0.25) is 0 Å². The number of hydrogen-bond donors (Lipinski definition) is 0. The monoisotopic (exact) mass is 375 g/mol. The third-order valence-electron chi connectivity index (χ3n) is 5.48. The molecule has 3 heterocycles. The van der Waals surface area contributed by atoms with E-state index in [4.69, 9.17) is 9.97 Å². The topological polar surface area (TPSA) is 29.0 Å². The Kier molecular flexibility index (Phi) is 6.66. The Bertz CT molecular complexity index is 858. The molecular weight excluding hydrogens is 342 g/mol. The van der Waals surface area contributed by atoms with Crippen LogP contribution in [0, 0.1) is 6.92 Å². The largest absolute Gasteiger partial charge is 0.356 e. The van der Waals surface area contributed by atoms with Crippen molar-refractivity contribution in [2.24, 2.45) is 0 Å². The van der Waals surface area contributed by atoms with Crippen molar-refractivity contribution in [3.8, 4) is 11.3 Å². The molecule has 2 aromatic heterocycles. The molecule has 0 amide bonds. The molecule has 1 aliphatic heterocycles. The summed E-state index contributed by atoms with van der Waals surface area (Å²) >= 11 is 0. The van der Waals surface area contributed by atoms with Crippen LogP contribution in [0.4, 0.5) is 5.82 Å². The fraction of sp³-hybridized carbons (Fsp3) is 0.440. The van der Waals surface area contributed by atoms with Gasteiger partial charge in [0.2, 0.25) is 0 Å². The highest BCUT2D eigenvalue weighted by Crippen LogP contribution is 2.33. The molecule has 0 saturated carbocycles. The van der Waals surface area contributed by atoms with Gasteiger partial charge in [0.25, 0.3) is 0 Å². The van der Waals surface area contributed by atoms with Gasteiger partial charge in [0.05, 0.1) is 11.4 Å². The van der Waals surface area contributed by atoms with E-state index in [0.29, 0.717) is 5.92 Å². The highest BCUT2D eigenvalue weighted by atomic mass is 15.2. The molecule has 0 aliphatic carbocycles. The van der Waals surface area contributed by atoms with Crippen LogP contribution in [-0.4, -0.2) is 23.1 Å². The lowest BCUT2D eigenvalue weighted by atomic mass is 10.0. The van der Waals surface area contributed by atoms with Gasteiger partial charge in [-0.2, -0.15) is 0 Å². The number of pyridine rings is 2. The Labute approximate surface area is 170 Å². The van der Waals surface area contributed by atoms with Crippen LogP contribution in [0.25, 0.3) is 16.8 Å². The Hall–Kier alpha value is -2.42. The molecule has 148 valence electrons. The number of aryl methyl sites for hydroxylation is 1. The van der Waals surface area contributed by atoms with Crippen molar-refractivity contribution in [3.63, 3.8) is 0 Å². The second kappa shape index (κ2) is 9.18. The summed E-state index contributed by atoms with van der Waals surface area (Å²) in [6, 6.07) is 8.70. The van der Waals surface area contributed by atoms with Crippen molar-refractivity contribution in [2.45, 2.75) is 59.3 Å². The van der Waals surface area contributed by atoms with E-state index in [-0.39, 0.29) is 0 Å². The van der Waals surface area contributed by atoms with Crippen LogP contribution in [0.3, 0.4) is 0 Å². The lowest BCUT2D eigenvalue weighted by Gasteiger charge is -2.30. The maximum atomic E-state index is 5.08. The van der Waals surface area contributed by atoms with E-state index in [1.807, 2.05) is 6.08 Å². The van der Waals surface area contributed by atoms with Gasteiger partial charge in [-0.25, -0.2) is 9.97 Å². The molecule has 2 aromatic rings. The molecule has 3 nitrogen and oxygen atoms in total. The quantitative estimate of drug-likeness (QED) is 0.536. The number of hydrogen-bond acceptors (Lipinski definition) is 3. The van der Waals surface area contributed by atoms with Crippen molar-refractivity contribution < 1.29 is 0 Å². The number of rotatable bonds is 6. The molecule has 28 heavy (non-hydrogen) atoms. The maximum absolute atomic E-state index is 5.08. The molecular formula is C25H33N3. The standard InChI is InChI=1S/C25H33N3/c1-6-7-11-19(4)24-20(5)12-14-23(26-24)21-13-15-22(18(2)3)27-25(21)28-16-9-8-10-17-28/h6,11-15,18H,1,7-10,16-17H2,2-5H3/b19-11-. The van der Waals surface area contributed by atoms with Gasteiger partial charge < -0.3 is 4.90 Å². The highest BCUT2D eigenvalue weighted by molar-refractivity contribution is 5.76. The Morgan fingerprint density at radius 3 is 2.54 bits per heavy atom. The predicted molar refractivity (Wildman–Crippen MR) is 121 cm³/mol. The molecule has 0 aromatic carbocycles. The first-order valence-corrected chi connectivity index (χ1v) is 10.5. The zero-order valence-corrected chi connectivity index (χ0v) is 17.8. The van der Waals surface area contributed by atoms with E-state index in [0.717, 1.165) is 48.0 Å². The van der Waals surface area contributed by atoms with Crippen molar-refractivity contribution in [2.75, 3.05) is 18.0 Å². The van der Waals surface area contributed by atoms with Crippen molar-refractivity contribution in [1.82, 2.24) is 9.97 Å². The molecule has 0 atom stereocenters. The summed E-state index contributed by atoms with van der Waals surface area (Å²) in [4.78, 5) is 12.6. The van der Waals surface area contributed by atoms with Gasteiger partial charge in [-0.05, 0) is 74.8 Å². The zero-order valence-electron chi connectivity index (χ0n) is 17.8. The SMILES string of the molecule is C=CC/C=C(/C)c1nc(-c2ccc(C(C)C)nc2N2CCCCC2)ccc1C. The molecule has 0 unspecified atom stereocenters. The van der Waals surface area contributed by atoms with E-state index in [1.165, 1.54) is 30.4 Å². The molecule has 0 radical (unpaired) electrons. The zero-order chi connectivity index (χ0) is 20.1. The van der Waals surface area contributed by atoms with Crippen LogP contribution < -0.4 is 4.90 Å². The third kappa shape index (κ3) is 4.52. The van der Waals surface area contributed by atoms with Gasteiger partial charge in [-0.15, -0.1) is 6.58 Å². The van der Waals surface area contributed by atoms with Crippen molar-refractivity contribution >= 4 is 11.4 Å². The molecule has 0 spiro atoms. The Morgan fingerprint density at radius 1 is 1.11 bits per heavy atom. The molecule has 1 fully saturated rings. The minimum atomic E-state index is 0.420. The van der Waals surface area contributed by atoms with E-state index >= 15 is 0 Å². The molecule has 0 bridgehead atoms. The summed E-state index contributed by atoms with van der Waals surface area (Å²) in [6.07, 6.45) is 8.77. The number of anilines is 1. The summed E-state index contributed by atoms with van der Waals surface area (Å²) in [5.41, 5.74) is 6.77. The molecule has 1 aliphatic rings. The predicted octanol–water partition coefficient (Wildman–Crippen LogP) is 6.55. The average Bonchev–Trinajstić information content (AvgIpc) is 2.72. The van der Waals surface area contributed by atoms with Crippen LogP contribution in [0.15, 0.2) is 43.0 Å². The number of nitrogens with zero attached hydrogens (tertiary/aromatic N) is 3. The van der Waals surface area contributed by atoms with Gasteiger partial charge in [0, 0.05) is 24.3 Å². The highest BCUT2D eigenvalue weighted by Gasteiger charge is 2.19. The van der Waals surface area contributed by atoms with Crippen LogP contribution in [-0.2, 0) is 0 Å². The van der Waals surface area contributed by atoms with Gasteiger partial charge >= 0.3 is 0 Å². The minimum absolute atomic E-state index is 0.420. The fourth-order valence-electron chi connectivity index (χ4n) is 3.77. The fourth-order valence-corrected chi connectivity index (χ4v) is 3.77. The normalized spacial score (nSPS) is 15.2. The average molecular weight is 376 g/mol. The third-order valence-corrected chi connectivity index (χ3v) is 5.48. The van der Waals surface area contributed by atoms with Crippen molar-refractivity contribution in [3.05, 3.63) is 59.9 Å². The second-order valence-electron chi connectivity index (χ2n) is 8.08. The van der Waals surface area contributed by atoms with Crippen LogP contribution in [0.5, 0.6) is 0 Å². The minimum Gasteiger partial charge on any atom is -0.356 e. The lowest BCUT2D eigenvalue weighted by molar-refractivity contribution is 0.572.